The summed E-state index contributed by atoms with van der Waals surface area (Å²) in [4.78, 5) is 18.9. The second kappa shape index (κ2) is 8.67. The number of hydrogen-bond acceptors (Lipinski definition) is 4. The Morgan fingerprint density at radius 3 is 2.73 bits per heavy atom. The number of ether oxygens (including phenoxy) is 2. The SMILES string of the molecule is CCc1ccc(NC(=O)N2CCc3nc(OCCOC)ccc3C2)cc1. The van der Waals surface area contributed by atoms with Gasteiger partial charge in [0.15, 0.2) is 0 Å². The monoisotopic (exact) mass is 355 g/mol. The number of hydrogen-bond donors (Lipinski definition) is 1. The fourth-order valence-corrected chi connectivity index (χ4v) is 2.91. The second-order valence-corrected chi connectivity index (χ2v) is 6.25. The first kappa shape index (κ1) is 18.2. The molecule has 1 aromatic carbocycles. The van der Waals surface area contributed by atoms with Crippen LogP contribution in [-0.4, -0.2) is 42.8 Å². The third-order valence-electron chi connectivity index (χ3n) is 4.46. The highest BCUT2D eigenvalue weighted by Crippen LogP contribution is 2.21. The van der Waals surface area contributed by atoms with Gasteiger partial charge in [0.05, 0.1) is 12.3 Å². The van der Waals surface area contributed by atoms with Crippen molar-refractivity contribution in [1.29, 1.82) is 0 Å². The normalized spacial score (nSPS) is 13.2. The van der Waals surface area contributed by atoms with Crippen molar-refractivity contribution in [1.82, 2.24) is 9.88 Å². The number of nitrogens with one attached hydrogen (secondary N) is 1. The summed E-state index contributed by atoms with van der Waals surface area (Å²) in [6.45, 7) is 4.32. The lowest BCUT2D eigenvalue weighted by Crippen LogP contribution is -2.39. The summed E-state index contributed by atoms with van der Waals surface area (Å²) < 4.78 is 10.5. The topological polar surface area (TPSA) is 63.7 Å². The van der Waals surface area contributed by atoms with Gasteiger partial charge >= 0.3 is 6.03 Å². The number of fused-ring (bicyclic) bond motifs is 1. The number of benzene rings is 1. The maximum atomic E-state index is 12.5. The number of carbonyl (C=O) groups is 1. The minimum Gasteiger partial charge on any atom is -0.475 e. The van der Waals surface area contributed by atoms with Crippen molar-refractivity contribution >= 4 is 11.7 Å². The largest absolute Gasteiger partial charge is 0.475 e. The Morgan fingerprint density at radius 2 is 2.00 bits per heavy atom. The lowest BCUT2D eigenvalue weighted by atomic mass is 10.1. The van der Waals surface area contributed by atoms with E-state index < -0.39 is 0 Å². The zero-order valence-electron chi connectivity index (χ0n) is 15.3. The number of aryl methyl sites for hydroxylation is 1. The predicted molar refractivity (Wildman–Crippen MR) is 101 cm³/mol. The minimum atomic E-state index is -0.0830. The molecule has 0 unspecified atom stereocenters. The zero-order valence-corrected chi connectivity index (χ0v) is 15.3. The third kappa shape index (κ3) is 4.52. The molecule has 0 fully saturated rings. The number of methoxy groups -OCH3 is 1. The van der Waals surface area contributed by atoms with Crippen molar-refractivity contribution in [3.05, 3.63) is 53.2 Å². The molecule has 138 valence electrons. The van der Waals surface area contributed by atoms with Gasteiger partial charge in [-0.1, -0.05) is 25.1 Å². The second-order valence-electron chi connectivity index (χ2n) is 6.25. The zero-order chi connectivity index (χ0) is 18.4. The molecule has 0 saturated heterocycles. The smallest absolute Gasteiger partial charge is 0.322 e. The van der Waals surface area contributed by atoms with Crippen LogP contribution in [-0.2, 0) is 24.1 Å². The summed E-state index contributed by atoms with van der Waals surface area (Å²) in [5, 5.41) is 2.97. The fourth-order valence-electron chi connectivity index (χ4n) is 2.91. The summed E-state index contributed by atoms with van der Waals surface area (Å²) >= 11 is 0. The van der Waals surface area contributed by atoms with E-state index in [0.717, 1.165) is 29.8 Å². The molecule has 0 bridgehead atoms. The van der Waals surface area contributed by atoms with E-state index in [1.54, 1.807) is 7.11 Å². The van der Waals surface area contributed by atoms with Gasteiger partial charge in [0.25, 0.3) is 0 Å². The standard InChI is InChI=1S/C20H25N3O3/c1-3-15-4-7-17(8-5-15)21-20(24)23-11-10-18-16(14-23)6-9-19(22-18)26-13-12-25-2/h4-9H,3,10-14H2,1-2H3,(H,21,24). The van der Waals surface area contributed by atoms with Crippen LogP contribution < -0.4 is 10.1 Å². The van der Waals surface area contributed by atoms with Crippen LogP contribution in [0.1, 0.15) is 23.7 Å². The van der Waals surface area contributed by atoms with Crippen LogP contribution in [0.3, 0.4) is 0 Å². The number of rotatable bonds is 6. The van der Waals surface area contributed by atoms with Crippen molar-refractivity contribution in [3.8, 4) is 5.88 Å². The molecule has 3 rings (SSSR count). The van der Waals surface area contributed by atoms with Crippen LogP contribution in [0.4, 0.5) is 10.5 Å². The molecule has 2 heterocycles. The van der Waals surface area contributed by atoms with Gasteiger partial charge in [-0.2, -0.15) is 0 Å². The molecule has 0 saturated carbocycles. The highest BCUT2D eigenvalue weighted by molar-refractivity contribution is 5.89. The molecule has 6 nitrogen and oxygen atoms in total. The van der Waals surface area contributed by atoms with Crippen molar-refractivity contribution in [2.24, 2.45) is 0 Å². The van der Waals surface area contributed by atoms with E-state index in [9.17, 15) is 4.79 Å². The molecule has 0 aliphatic carbocycles. The van der Waals surface area contributed by atoms with E-state index in [4.69, 9.17) is 9.47 Å². The Kier molecular flexibility index (Phi) is 6.07. The van der Waals surface area contributed by atoms with Gasteiger partial charge in [-0.3, -0.25) is 0 Å². The summed E-state index contributed by atoms with van der Waals surface area (Å²) in [6, 6.07) is 11.7. The molecule has 2 aromatic rings. The van der Waals surface area contributed by atoms with Gasteiger partial charge < -0.3 is 19.7 Å². The molecule has 0 spiro atoms. The van der Waals surface area contributed by atoms with E-state index in [1.165, 1.54) is 5.56 Å². The summed E-state index contributed by atoms with van der Waals surface area (Å²) in [5.74, 6) is 0.606. The minimum absolute atomic E-state index is 0.0830. The van der Waals surface area contributed by atoms with Gasteiger partial charge in [-0.25, -0.2) is 9.78 Å². The number of aromatic nitrogens is 1. The van der Waals surface area contributed by atoms with Crippen LogP contribution >= 0.6 is 0 Å². The Bertz CT molecular complexity index is 746. The Labute approximate surface area is 154 Å². The fraction of sp³-hybridized carbons (Fsp3) is 0.400. The first-order chi connectivity index (χ1) is 12.7. The Balaban J connectivity index is 1.59. The molecular formula is C20H25N3O3. The summed E-state index contributed by atoms with van der Waals surface area (Å²) in [5.41, 5.74) is 4.13. The van der Waals surface area contributed by atoms with Crippen LogP contribution in [0.15, 0.2) is 36.4 Å². The van der Waals surface area contributed by atoms with Gasteiger partial charge in [0, 0.05) is 38.4 Å². The van der Waals surface area contributed by atoms with Gasteiger partial charge in [0.2, 0.25) is 5.88 Å². The Morgan fingerprint density at radius 1 is 1.19 bits per heavy atom. The first-order valence-corrected chi connectivity index (χ1v) is 8.95. The highest BCUT2D eigenvalue weighted by Gasteiger charge is 2.22. The third-order valence-corrected chi connectivity index (χ3v) is 4.46. The molecule has 0 radical (unpaired) electrons. The van der Waals surface area contributed by atoms with Gasteiger partial charge in [0.1, 0.15) is 6.61 Å². The average molecular weight is 355 g/mol. The van der Waals surface area contributed by atoms with Crippen molar-refractivity contribution in [3.63, 3.8) is 0 Å². The van der Waals surface area contributed by atoms with Crippen molar-refractivity contribution < 1.29 is 14.3 Å². The lowest BCUT2D eigenvalue weighted by Gasteiger charge is -2.28. The molecule has 6 heteroatoms. The summed E-state index contributed by atoms with van der Waals surface area (Å²) in [7, 11) is 1.64. The first-order valence-electron chi connectivity index (χ1n) is 8.95. The number of anilines is 1. The maximum absolute atomic E-state index is 12.5. The number of amides is 2. The Hall–Kier alpha value is -2.60. The molecule has 2 amide bonds. The van der Waals surface area contributed by atoms with Crippen LogP contribution in [0.5, 0.6) is 5.88 Å². The molecule has 0 atom stereocenters. The van der Waals surface area contributed by atoms with Gasteiger partial charge in [-0.15, -0.1) is 0 Å². The van der Waals surface area contributed by atoms with E-state index >= 15 is 0 Å². The number of nitrogens with zero attached hydrogens (tertiary/aromatic N) is 2. The molecular weight excluding hydrogens is 330 g/mol. The molecule has 1 aromatic heterocycles. The number of carbonyl (C=O) groups excluding carboxylic acids is 1. The van der Waals surface area contributed by atoms with Crippen LogP contribution in [0.2, 0.25) is 0 Å². The molecule has 1 aliphatic heterocycles. The van der Waals surface area contributed by atoms with Crippen LogP contribution in [0, 0.1) is 0 Å². The molecule has 1 N–H and O–H groups in total. The lowest BCUT2D eigenvalue weighted by molar-refractivity contribution is 0.143. The predicted octanol–water partition coefficient (Wildman–Crippen LogP) is 3.26. The summed E-state index contributed by atoms with van der Waals surface area (Å²) in [6.07, 6.45) is 1.71. The van der Waals surface area contributed by atoms with Crippen LogP contribution in [0.25, 0.3) is 0 Å². The quantitative estimate of drug-likeness (QED) is 0.808. The van der Waals surface area contributed by atoms with E-state index in [2.05, 4.69) is 17.2 Å². The highest BCUT2D eigenvalue weighted by atomic mass is 16.5. The van der Waals surface area contributed by atoms with E-state index in [0.29, 0.717) is 32.2 Å². The van der Waals surface area contributed by atoms with E-state index in [-0.39, 0.29) is 6.03 Å². The number of pyridine rings is 1. The average Bonchev–Trinajstić information content (AvgIpc) is 2.68. The van der Waals surface area contributed by atoms with Gasteiger partial charge in [-0.05, 0) is 29.7 Å². The van der Waals surface area contributed by atoms with Crippen molar-refractivity contribution in [2.75, 3.05) is 32.2 Å². The van der Waals surface area contributed by atoms with E-state index in [1.807, 2.05) is 41.3 Å². The molecule has 26 heavy (non-hydrogen) atoms. The number of urea groups is 1. The maximum Gasteiger partial charge on any atom is 0.322 e. The van der Waals surface area contributed by atoms with Crippen molar-refractivity contribution in [2.45, 2.75) is 26.3 Å². The molecule has 1 aliphatic rings.